The Bertz CT molecular complexity index is 342. The molecule has 0 aliphatic carbocycles. The average molecular weight is 332 g/mol. The van der Waals surface area contributed by atoms with Crippen molar-refractivity contribution in [3.05, 3.63) is 21.8 Å². The molecule has 0 aliphatic rings. The number of hydrogen-bond acceptors (Lipinski definition) is 2. The van der Waals surface area contributed by atoms with E-state index in [0.29, 0.717) is 22.6 Å². The molecule has 1 rings (SSSR count). The van der Waals surface area contributed by atoms with Crippen LogP contribution in [0.3, 0.4) is 0 Å². The fraction of sp³-hybridized carbons (Fsp3) is 0.444. The minimum atomic E-state index is -0.409. The van der Waals surface area contributed by atoms with Gasteiger partial charge in [-0.05, 0) is 28.9 Å². The van der Waals surface area contributed by atoms with E-state index in [1.165, 1.54) is 0 Å². The molecule has 0 spiro atoms. The minimum absolute atomic E-state index is 0.380. The lowest BCUT2D eigenvalue weighted by molar-refractivity contribution is 0.645. The molecule has 0 aromatic carbocycles. The Labute approximate surface area is 112 Å². The molecule has 1 aromatic heterocycles. The topological polar surface area (TPSA) is 24.9 Å². The first-order chi connectivity index (χ1) is 7.00. The zero-order valence-electron chi connectivity index (χ0n) is 8.03. The van der Waals surface area contributed by atoms with Crippen LogP contribution in [0.25, 0.3) is 0 Å². The van der Waals surface area contributed by atoms with E-state index in [2.05, 4.69) is 26.2 Å². The molecule has 1 aromatic rings. The molecule has 84 valence electrons. The molecule has 0 saturated heterocycles. The highest BCUT2D eigenvalue weighted by molar-refractivity contribution is 9.10. The standard InChI is InChI=1S/C9H10BrCl3N2/c1-9(4-11,5-12)15-8-7(13)2-6(10)3-14-8/h2-3H,4-5H2,1H3,(H,14,15). The van der Waals surface area contributed by atoms with Gasteiger partial charge < -0.3 is 5.32 Å². The number of anilines is 1. The van der Waals surface area contributed by atoms with Crippen LogP contribution in [0.15, 0.2) is 16.7 Å². The first-order valence-corrected chi connectivity index (χ1v) is 6.46. The quantitative estimate of drug-likeness (QED) is 0.838. The molecule has 0 fully saturated rings. The Morgan fingerprint density at radius 2 is 2.07 bits per heavy atom. The number of halogens is 4. The molecule has 2 nitrogen and oxygen atoms in total. The van der Waals surface area contributed by atoms with Crippen LogP contribution in [-0.4, -0.2) is 22.3 Å². The number of rotatable bonds is 4. The van der Waals surface area contributed by atoms with Crippen molar-refractivity contribution in [1.82, 2.24) is 4.98 Å². The van der Waals surface area contributed by atoms with Gasteiger partial charge >= 0.3 is 0 Å². The van der Waals surface area contributed by atoms with Crippen molar-refractivity contribution in [2.24, 2.45) is 0 Å². The van der Waals surface area contributed by atoms with Gasteiger partial charge in [-0.25, -0.2) is 4.98 Å². The third-order valence-corrected chi connectivity index (χ3v) is 3.72. The lowest BCUT2D eigenvalue weighted by Crippen LogP contribution is -2.39. The van der Waals surface area contributed by atoms with E-state index < -0.39 is 5.54 Å². The molecular formula is C9H10BrCl3N2. The fourth-order valence-corrected chi connectivity index (χ4v) is 1.99. The van der Waals surface area contributed by atoms with Crippen molar-refractivity contribution in [1.29, 1.82) is 0 Å². The van der Waals surface area contributed by atoms with Crippen LogP contribution in [0.2, 0.25) is 5.02 Å². The lowest BCUT2D eigenvalue weighted by atomic mass is 10.1. The number of nitrogens with one attached hydrogen (secondary N) is 1. The van der Waals surface area contributed by atoms with Crippen molar-refractivity contribution in [2.75, 3.05) is 17.1 Å². The molecule has 0 radical (unpaired) electrons. The summed E-state index contributed by atoms with van der Waals surface area (Å²) >= 11 is 20.9. The molecule has 0 saturated carbocycles. The first-order valence-electron chi connectivity index (χ1n) is 4.22. The third-order valence-electron chi connectivity index (χ3n) is 1.82. The SMILES string of the molecule is CC(CCl)(CCl)Nc1ncc(Br)cc1Cl. The Morgan fingerprint density at radius 1 is 1.47 bits per heavy atom. The molecule has 0 amide bonds. The van der Waals surface area contributed by atoms with Gasteiger partial charge in [-0.2, -0.15) is 0 Å². The van der Waals surface area contributed by atoms with Crippen LogP contribution in [0.5, 0.6) is 0 Å². The van der Waals surface area contributed by atoms with E-state index in [9.17, 15) is 0 Å². The number of alkyl halides is 2. The molecule has 1 heterocycles. The van der Waals surface area contributed by atoms with E-state index in [4.69, 9.17) is 34.8 Å². The van der Waals surface area contributed by atoms with Crippen LogP contribution in [0.1, 0.15) is 6.92 Å². The highest BCUT2D eigenvalue weighted by Crippen LogP contribution is 2.26. The number of aromatic nitrogens is 1. The monoisotopic (exact) mass is 330 g/mol. The Kier molecular flexibility index (Phi) is 4.97. The molecule has 1 N–H and O–H groups in total. The molecule has 0 unspecified atom stereocenters. The normalized spacial score (nSPS) is 11.5. The van der Waals surface area contributed by atoms with E-state index in [1.807, 2.05) is 6.92 Å². The maximum absolute atomic E-state index is 6.01. The Morgan fingerprint density at radius 3 is 2.53 bits per heavy atom. The predicted octanol–water partition coefficient (Wildman–Crippen LogP) is 4.15. The van der Waals surface area contributed by atoms with Crippen LogP contribution in [-0.2, 0) is 0 Å². The van der Waals surface area contributed by atoms with Crippen LogP contribution < -0.4 is 5.32 Å². The van der Waals surface area contributed by atoms with Crippen molar-refractivity contribution in [3.63, 3.8) is 0 Å². The second-order valence-electron chi connectivity index (χ2n) is 3.44. The van der Waals surface area contributed by atoms with E-state index in [-0.39, 0.29) is 0 Å². The van der Waals surface area contributed by atoms with Gasteiger partial charge in [-0.15, -0.1) is 23.2 Å². The van der Waals surface area contributed by atoms with E-state index in [1.54, 1.807) is 12.3 Å². The van der Waals surface area contributed by atoms with E-state index >= 15 is 0 Å². The van der Waals surface area contributed by atoms with Crippen LogP contribution >= 0.6 is 50.7 Å². The molecule has 15 heavy (non-hydrogen) atoms. The zero-order chi connectivity index (χ0) is 11.5. The first kappa shape index (κ1) is 13.4. The van der Waals surface area contributed by atoms with Gasteiger partial charge in [0.15, 0.2) is 0 Å². The Balaban J connectivity index is 2.89. The molecule has 0 aliphatic heterocycles. The fourth-order valence-electron chi connectivity index (χ4n) is 0.895. The minimum Gasteiger partial charge on any atom is -0.361 e. The second-order valence-corrected chi connectivity index (χ2v) is 5.29. The van der Waals surface area contributed by atoms with Crippen molar-refractivity contribution in [2.45, 2.75) is 12.5 Å². The number of pyridine rings is 1. The highest BCUT2D eigenvalue weighted by Gasteiger charge is 2.23. The van der Waals surface area contributed by atoms with Gasteiger partial charge in [0.2, 0.25) is 0 Å². The predicted molar refractivity (Wildman–Crippen MR) is 70.4 cm³/mol. The van der Waals surface area contributed by atoms with Gasteiger partial charge in [0.05, 0.1) is 10.6 Å². The summed E-state index contributed by atoms with van der Waals surface area (Å²) in [7, 11) is 0. The molecule has 0 bridgehead atoms. The molecule has 0 atom stereocenters. The van der Waals surface area contributed by atoms with Gasteiger partial charge in [0.25, 0.3) is 0 Å². The average Bonchev–Trinajstić information content (AvgIpc) is 2.22. The molecular weight excluding hydrogens is 322 g/mol. The summed E-state index contributed by atoms with van der Waals surface area (Å²) in [4.78, 5) is 4.15. The van der Waals surface area contributed by atoms with Crippen molar-refractivity contribution in [3.8, 4) is 0 Å². The third kappa shape index (κ3) is 3.66. The summed E-state index contributed by atoms with van der Waals surface area (Å²) in [6, 6.07) is 1.76. The maximum atomic E-state index is 6.01. The summed E-state index contributed by atoms with van der Waals surface area (Å²) in [6.45, 7) is 1.91. The summed E-state index contributed by atoms with van der Waals surface area (Å²) in [6.07, 6.45) is 1.66. The summed E-state index contributed by atoms with van der Waals surface area (Å²) < 4.78 is 0.830. The lowest BCUT2D eigenvalue weighted by Gasteiger charge is -2.26. The zero-order valence-corrected chi connectivity index (χ0v) is 11.9. The van der Waals surface area contributed by atoms with Crippen molar-refractivity contribution >= 4 is 56.6 Å². The van der Waals surface area contributed by atoms with Gasteiger partial charge in [-0.3, -0.25) is 0 Å². The van der Waals surface area contributed by atoms with Crippen LogP contribution in [0, 0.1) is 0 Å². The van der Waals surface area contributed by atoms with Gasteiger partial charge in [0.1, 0.15) is 5.82 Å². The van der Waals surface area contributed by atoms with Crippen molar-refractivity contribution < 1.29 is 0 Å². The van der Waals surface area contributed by atoms with Gasteiger partial charge in [-0.1, -0.05) is 11.6 Å². The Hall–Kier alpha value is 0.300. The summed E-state index contributed by atoms with van der Waals surface area (Å²) in [5.74, 6) is 1.35. The largest absolute Gasteiger partial charge is 0.361 e. The van der Waals surface area contributed by atoms with Gasteiger partial charge in [0, 0.05) is 22.4 Å². The summed E-state index contributed by atoms with van der Waals surface area (Å²) in [5, 5.41) is 3.66. The second kappa shape index (κ2) is 5.58. The smallest absolute Gasteiger partial charge is 0.145 e. The highest BCUT2D eigenvalue weighted by atomic mass is 79.9. The summed E-state index contributed by atoms with van der Waals surface area (Å²) in [5.41, 5.74) is -0.409. The maximum Gasteiger partial charge on any atom is 0.145 e. The molecule has 6 heteroatoms. The van der Waals surface area contributed by atoms with Crippen LogP contribution in [0.4, 0.5) is 5.82 Å². The number of nitrogens with zero attached hydrogens (tertiary/aromatic N) is 1. The van der Waals surface area contributed by atoms with E-state index in [0.717, 1.165) is 4.47 Å². The number of hydrogen-bond donors (Lipinski definition) is 1.